The van der Waals surface area contributed by atoms with E-state index in [1.807, 2.05) is 11.0 Å². The predicted octanol–water partition coefficient (Wildman–Crippen LogP) is 2.97. The molecule has 0 aromatic heterocycles. The predicted molar refractivity (Wildman–Crippen MR) is 94.0 cm³/mol. The highest BCUT2D eigenvalue weighted by atomic mass is 16.2. The third kappa shape index (κ3) is 4.17. The zero-order valence-electron chi connectivity index (χ0n) is 14.2. The summed E-state index contributed by atoms with van der Waals surface area (Å²) in [5.41, 5.74) is 1.66. The molecule has 0 bridgehead atoms. The van der Waals surface area contributed by atoms with E-state index < -0.39 is 0 Å². The molecule has 0 radical (unpaired) electrons. The zero-order valence-corrected chi connectivity index (χ0v) is 14.2. The first kappa shape index (κ1) is 16.6. The van der Waals surface area contributed by atoms with Crippen molar-refractivity contribution in [1.82, 2.24) is 9.80 Å². The van der Waals surface area contributed by atoms with Crippen LogP contribution in [0.4, 0.5) is 0 Å². The second kappa shape index (κ2) is 8.01. The Balaban J connectivity index is 1.53. The SMILES string of the molecule is N#C/C(=C/N1CCCC1)C(=O)N1CCC(Cc2ccccc2)CC1. The molecule has 2 aliphatic heterocycles. The third-order valence-electron chi connectivity index (χ3n) is 5.07. The Hall–Kier alpha value is -2.28. The molecule has 0 unspecified atom stereocenters. The summed E-state index contributed by atoms with van der Waals surface area (Å²) in [6, 6.07) is 12.6. The molecule has 0 saturated carbocycles. The lowest BCUT2D eigenvalue weighted by atomic mass is 9.90. The highest BCUT2D eigenvalue weighted by Crippen LogP contribution is 2.23. The van der Waals surface area contributed by atoms with Gasteiger partial charge in [-0.05, 0) is 43.6 Å². The number of amides is 1. The van der Waals surface area contributed by atoms with Crippen LogP contribution in [0.15, 0.2) is 42.1 Å². The Morgan fingerprint density at radius 3 is 2.42 bits per heavy atom. The topological polar surface area (TPSA) is 47.3 Å². The summed E-state index contributed by atoms with van der Waals surface area (Å²) in [5, 5.41) is 9.34. The van der Waals surface area contributed by atoms with Gasteiger partial charge in [-0.15, -0.1) is 0 Å². The summed E-state index contributed by atoms with van der Waals surface area (Å²) in [7, 11) is 0. The molecule has 1 amide bonds. The van der Waals surface area contributed by atoms with Gasteiger partial charge in [-0.3, -0.25) is 4.79 Å². The molecule has 0 aliphatic carbocycles. The number of nitrogens with zero attached hydrogens (tertiary/aromatic N) is 3. The van der Waals surface area contributed by atoms with Crippen LogP contribution >= 0.6 is 0 Å². The van der Waals surface area contributed by atoms with Crippen LogP contribution < -0.4 is 0 Å². The van der Waals surface area contributed by atoms with Crippen LogP contribution in [0.3, 0.4) is 0 Å². The van der Waals surface area contributed by atoms with E-state index in [9.17, 15) is 10.1 Å². The van der Waals surface area contributed by atoms with Gasteiger partial charge in [0.25, 0.3) is 5.91 Å². The van der Waals surface area contributed by atoms with Crippen LogP contribution in [-0.2, 0) is 11.2 Å². The second-order valence-corrected chi connectivity index (χ2v) is 6.82. The lowest BCUT2D eigenvalue weighted by Crippen LogP contribution is -2.39. The van der Waals surface area contributed by atoms with Crippen LogP contribution in [0, 0.1) is 17.2 Å². The Kier molecular flexibility index (Phi) is 5.53. The molecule has 4 nitrogen and oxygen atoms in total. The van der Waals surface area contributed by atoms with Crippen LogP contribution in [0.5, 0.6) is 0 Å². The van der Waals surface area contributed by atoms with E-state index in [0.717, 1.165) is 58.3 Å². The summed E-state index contributed by atoms with van der Waals surface area (Å²) in [5.74, 6) is 0.534. The number of rotatable bonds is 4. The molecule has 2 heterocycles. The Morgan fingerprint density at radius 1 is 1.12 bits per heavy atom. The molecule has 2 aliphatic rings. The van der Waals surface area contributed by atoms with Gasteiger partial charge in [0.2, 0.25) is 0 Å². The van der Waals surface area contributed by atoms with Gasteiger partial charge in [-0.2, -0.15) is 5.26 Å². The van der Waals surface area contributed by atoms with Crippen molar-refractivity contribution in [3.05, 3.63) is 47.7 Å². The van der Waals surface area contributed by atoms with E-state index in [4.69, 9.17) is 0 Å². The maximum atomic E-state index is 12.6. The van der Waals surface area contributed by atoms with Gasteiger partial charge in [0.05, 0.1) is 0 Å². The molecular weight excluding hydrogens is 298 g/mol. The minimum atomic E-state index is -0.0949. The molecule has 0 N–H and O–H groups in total. The third-order valence-corrected chi connectivity index (χ3v) is 5.07. The van der Waals surface area contributed by atoms with Gasteiger partial charge in [0, 0.05) is 32.4 Å². The number of carbonyl (C=O) groups is 1. The van der Waals surface area contributed by atoms with Crippen LogP contribution in [0.1, 0.15) is 31.2 Å². The molecular formula is C20H25N3O. The summed E-state index contributed by atoms with van der Waals surface area (Å²) in [6.45, 7) is 3.43. The van der Waals surface area contributed by atoms with Crippen molar-refractivity contribution in [3.8, 4) is 6.07 Å². The fourth-order valence-electron chi connectivity index (χ4n) is 3.64. The molecule has 126 valence electrons. The number of carbonyl (C=O) groups excluding carboxylic acids is 1. The molecule has 1 aromatic rings. The molecule has 0 atom stereocenters. The van der Waals surface area contributed by atoms with Crippen molar-refractivity contribution >= 4 is 5.91 Å². The highest BCUT2D eigenvalue weighted by Gasteiger charge is 2.25. The van der Waals surface area contributed by atoms with E-state index in [1.54, 1.807) is 6.20 Å². The number of hydrogen-bond acceptors (Lipinski definition) is 3. The van der Waals surface area contributed by atoms with Crippen molar-refractivity contribution in [2.45, 2.75) is 32.1 Å². The lowest BCUT2D eigenvalue weighted by Gasteiger charge is -2.32. The average Bonchev–Trinajstić information content (AvgIpc) is 3.14. The van der Waals surface area contributed by atoms with Gasteiger partial charge >= 0.3 is 0 Å². The van der Waals surface area contributed by atoms with Gasteiger partial charge in [-0.1, -0.05) is 30.3 Å². The number of nitriles is 1. The molecule has 4 heteroatoms. The minimum absolute atomic E-state index is 0.0949. The number of likely N-dealkylation sites (tertiary alicyclic amines) is 2. The van der Waals surface area contributed by atoms with Crippen molar-refractivity contribution < 1.29 is 4.79 Å². The van der Waals surface area contributed by atoms with E-state index in [0.29, 0.717) is 11.5 Å². The van der Waals surface area contributed by atoms with Gasteiger partial charge in [0.15, 0.2) is 0 Å². The number of piperidine rings is 1. The van der Waals surface area contributed by atoms with Gasteiger partial charge < -0.3 is 9.80 Å². The van der Waals surface area contributed by atoms with Crippen LogP contribution in [0.25, 0.3) is 0 Å². The Morgan fingerprint density at radius 2 is 1.79 bits per heavy atom. The van der Waals surface area contributed by atoms with Gasteiger partial charge in [0.1, 0.15) is 11.6 Å². The fourth-order valence-corrected chi connectivity index (χ4v) is 3.64. The van der Waals surface area contributed by atoms with Crippen LogP contribution in [0.2, 0.25) is 0 Å². The van der Waals surface area contributed by atoms with Crippen molar-refractivity contribution in [1.29, 1.82) is 5.26 Å². The first-order valence-corrected chi connectivity index (χ1v) is 8.95. The van der Waals surface area contributed by atoms with E-state index >= 15 is 0 Å². The quantitative estimate of drug-likeness (QED) is 0.632. The molecule has 24 heavy (non-hydrogen) atoms. The monoisotopic (exact) mass is 323 g/mol. The molecule has 2 saturated heterocycles. The standard InChI is InChI=1S/C20H25N3O/c21-15-19(16-22-10-4-5-11-22)20(24)23-12-8-18(9-13-23)14-17-6-2-1-3-7-17/h1-3,6-7,16,18H,4-5,8-14H2/b19-16-. The summed E-state index contributed by atoms with van der Waals surface area (Å²) in [4.78, 5) is 16.5. The number of benzene rings is 1. The van der Waals surface area contributed by atoms with E-state index in [1.165, 1.54) is 5.56 Å². The highest BCUT2D eigenvalue weighted by molar-refractivity contribution is 5.97. The van der Waals surface area contributed by atoms with E-state index in [2.05, 4.69) is 35.2 Å². The zero-order chi connectivity index (χ0) is 16.8. The van der Waals surface area contributed by atoms with Crippen LogP contribution in [-0.4, -0.2) is 41.9 Å². The van der Waals surface area contributed by atoms with Crippen molar-refractivity contribution in [2.24, 2.45) is 5.92 Å². The largest absolute Gasteiger partial charge is 0.376 e. The number of hydrogen-bond donors (Lipinski definition) is 0. The van der Waals surface area contributed by atoms with Gasteiger partial charge in [-0.25, -0.2) is 0 Å². The molecule has 2 fully saturated rings. The van der Waals surface area contributed by atoms with Crippen molar-refractivity contribution in [2.75, 3.05) is 26.2 Å². The first-order chi connectivity index (χ1) is 11.8. The Labute approximate surface area is 144 Å². The average molecular weight is 323 g/mol. The van der Waals surface area contributed by atoms with E-state index in [-0.39, 0.29) is 5.91 Å². The molecule has 0 spiro atoms. The Bertz CT molecular complexity index is 618. The molecule has 1 aromatic carbocycles. The second-order valence-electron chi connectivity index (χ2n) is 6.82. The van der Waals surface area contributed by atoms with Crippen molar-refractivity contribution in [3.63, 3.8) is 0 Å². The summed E-state index contributed by atoms with van der Waals surface area (Å²) < 4.78 is 0. The smallest absolute Gasteiger partial charge is 0.266 e. The minimum Gasteiger partial charge on any atom is -0.376 e. The maximum Gasteiger partial charge on any atom is 0.266 e. The normalized spacial score (nSPS) is 19.4. The maximum absolute atomic E-state index is 12.6. The summed E-state index contributed by atoms with van der Waals surface area (Å²) >= 11 is 0. The summed E-state index contributed by atoms with van der Waals surface area (Å²) in [6.07, 6.45) is 7.18. The fraction of sp³-hybridized carbons (Fsp3) is 0.500. The lowest BCUT2D eigenvalue weighted by molar-refractivity contribution is -0.128. The molecule has 3 rings (SSSR count). The first-order valence-electron chi connectivity index (χ1n) is 8.95.